The van der Waals surface area contributed by atoms with Gasteiger partial charge in [-0.15, -0.1) is 10.2 Å². The number of aryl methyl sites for hydroxylation is 1. The molecule has 0 fully saturated rings. The Bertz CT molecular complexity index is 924. The molecular formula is C17H19N5O4S. The molecule has 0 aliphatic heterocycles. The Morgan fingerprint density at radius 3 is 2.85 bits per heavy atom. The number of rotatable bonds is 8. The summed E-state index contributed by atoms with van der Waals surface area (Å²) in [6, 6.07) is 8.97. The molecule has 1 N–H and O–H groups in total. The van der Waals surface area contributed by atoms with Crippen molar-refractivity contribution in [1.82, 2.24) is 19.9 Å². The molecule has 0 unspecified atom stereocenters. The van der Waals surface area contributed by atoms with Gasteiger partial charge in [0.15, 0.2) is 16.8 Å². The van der Waals surface area contributed by atoms with Crippen LogP contribution >= 0.6 is 11.8 Å². The van der Waals surface area contributed by atoms with Crippen LogP contribution in [0.4, 0.5) is 5.82 Å². The van der Waals surface area contributed by atoms with Crippen LogP contribution in [-0.2, 0) is 18.4 Å². The zero-order valence-corrected chi connectivity index (χ0v) is 15.9. The van der Waals surface area contributed by atoms with Gasteiger partial charge in [-0.1, -0.05) is 23.0 Å². The minimum absolute atomic E-state index is 0.175. The molecule has 1 aromatic carbocycles. The summed E-state index contributed by atoms with van der Waals surface area (Å²) >= 11 is 1.27. The highest BCUT2D eigenvalue weighted by molar-refractivity contribution is 7.99. The van der Waals surface area contributed by atoms with Gasteiger partial charge in [-0.2, -0.15) is 0 Å². The zero-order chi connectivity index (χ0) is 19.2. The van der Waals surface area contributed by atoms with Crippen molar-refractivity contribution < 1.29 is 18.8 Å². The summed E-state index contributed by atoms with van der Waals surface area (Å²) in [5, 5.41) is 15.2. The van der Waals surface area contributed by atoms with E-state index in [0.29, 0.717) is 28.3 Å². The highest BCUT2D eigenvalue weighted by Gasteiger charge is 2.13. The van der Waals surface area contributed by atoms with Gasteiger partial charge in [0.05, 0.1) is 12.9 Å². The maximum absolute atomic E-state index is 12.0. The number of hydrogen-bond donors (Lipinski definition) is 1. The number of aromatic nitrogens is 4. The lowest BCUT2D eigenvalue weighted by atomic mass is 10.3. The van der Waals surface area contributed by atoms with Crippen LogP contribution in [-0.4, -0.2) is 38.7 Å². The van der Waals surface area contributed by atoms with Gasteiger partial charge in [-0.25, -0.2) is 0 Å². The Labute approximate surface area is 160 Å². The lowest BCUT2D eigenvalue weighted by Gasteiger charge is -2.07. The van der Waals surface area contributed by atoms with Gasteiger partial charge in [0.25, 0.3) is 0 Å². The summed E-state index contributed by atoms with van der Waals surface area (Å²) in [5.74, 6) is 3.03. The molecular weight excluding hydrogens is 370 g/mol. The number of carbonyl (C=O) groups is 1. The number of nitrogens with one attached hydrogen (secondary N) is 1. The van der Waals surface area contributed by atoms with Gasteiger partial charge in [0.1, 0.15) is 23.9 Å². The van der Waals surface area contributed by atoms with Crippen molar-refractivity contribution in [3.8, 4) is 11.5 Å². The molecule has 3 aromatic rings. The van der Waals surface area contributed by atoms with Gasteiger partial charge in [-0.3, -0.25) is 4.79 Å². The lowest BCUT2D eigenvalue weighted by Crippen LogP contribution is -2.14. The zero-order valence-electron chi connectivity index (χ0n) is 15.1. The molecule has 27 heavy (non-hydrogen) atoms. The number of thioether (sulfide) groups is 1. The Balaban J connectivity index is 1.52. The first kappa shape index (κ1) is 18.8. The monoisotopic (exact) mass is 389 g/mol. The quantitative estimate of drug-likeness (QED) is 0.586. The van der Waals surface area contributed by atoms with Crippen LogP contribution in [0.25, 0.3) is 0 Å². The summed E-state index contributed by atoms with van der Waals surface area (Å²) in [6.07, 6.45) is 0. The van der Waals surface area contributed by atoms with E-state index >= 15 is 0 Å². The molecule has 1 amide bonds. The van der Waals surface area contributed by atoms with E-state index in [9.17, 15) is 4.79 Å². The predicted octanol–water partition coefficient (Wildman–Crippen LogP) is 2.43. The van der Waals surface area contributed by atoms with Crippen LogP contribution in [0.3, 0.4) is 0 Å². The number of benzene rings is 1. The van der Waals surface area contributed by atoms with E-state index in [-0.39, 0.29) is 18.3 Å². The number of amides is 1. The molecule has 0 spiro atoms. The van der Waals surface area contributed by atoms with E-state index in [2.05, 4.69) is 20.7 Å². The van der Waals surface area contributed by atoms with Gasteiger partial charge in [-0.05, 0) is 19.1 Å². The minimum Gasteiger partial charge on any atom is -0.497 e. The average molecular weight is 389 g/mol. The third-order valence-corrected chi connectivity index (χ3v) is 4.58. The number of methoxy groups -OCH3 is 1. The number of anilines is 1. The number of carbonyl (C=O) groups excluding carboxylic acids is 1. The third kappa shape index (κ3) is 5.00. The van der Waals surface area contributed by atoms with Crippen molar-refractivity contribution in [3.05, 3.63) is 41.9 Å². The molecule has 0 radical (unpaired) electrons. The first-order chi connectivity index (χ1) is 13.0. The second-order valence-corrected chi connectivity index (χ2v) is 6.53. The topological polar surface area (TPSA) is 104 Å². The number of nitrogens with zero attached hydrogens (tertiary/aromatic N) is 4. The van der Waals surface area contributed by atoms with Crippen LogP contribution in [0.15, 0.2) is 40.0 Å². The number of ether oxygens (including phenoxy) is 2. The van der Waals surface area contributed by atoms with E-state index in [1.54, 1.807) is 30.7 Å². The van der Waals surface area contributed by atoms with Crippen LogP contribution in [0.1, 0.15) is 11.6 Å². The van der Waals surface area contributed by atoms with E-state index in [4.69, 9.17) is 14.0 Å². The lowest BCUT2D eigenvalue weighted by molar-refractivity contribution is -0.113. The van der Waals surface area contributed by atoms with Crippen LogP contribution < -0.4 is 14.8 Å². The number of hydrogen-bond acceptors (Lipinski definition) is 8. The van der Waals surface area contributed by atoms with Gasteiger partial charge in [0, 0.05) is 19.2 Å². The Kier molecular flexibility index (Phi) is 5.97. The van der Waals surface area contributed by atoms with Crippen molar-refractivity contribution in [2.75, 3.05) is 18.2 Å². The Morgan fingerprint density at radius 1 is 1.30 bits per heavy atom. The maximum atomic E-state index is 12.0. The van der Waals surface area contributed by atoms with E-state index in [1.807, 2.05) is 25.2 Å². The van der Waals surface area contributed by atoms with Crippen molar-refractivity contribution in [2.45, 2.75) is 18.7 Å². The minimum atomic E-state index is -0.203. The fourth-order valence-corrected chi connectivity index (χ4v) is 2.90. The molecule has 142 valence electrons. The van der Waals surface area contributed by atoms with Crippen molar-refractivity contribution in [2.24, 2.45) is 7.05 Å². The third-order valence-electron chi connectivity index (χ3n) is 3.56. The fraction of sp³-hybridized carbons (Fsp3) is 0.294. The maximum Gasteiger partial charge on any atom is 0.236 e. The summed E-state index contributed by atoms with van der Waals surface area (Å²) in [7, 11) is 3.43. The average Bonchev–Trinajstić information content (AvgIpc) is 3.23. The fourth-order valence-electron chi connectivity index (χ4n) is 2.17. The molecule has 0 aliphatic carbocycles. The summed E-state index contributed by atoms with van der Waals surface area (Å²) in [5.41, 5.74) is 0. The van der Waals surface area contributed by atoms with Crippen molar-refractivity contribution in [1.29, 1.82) is 0 Å². The van der Waals surface area contributed by atoms with Crippen LogP contribution in [0, 0.1) is 6.92 Å². The molecule has 10 heteroatoms. The first-order valence-corrected chi connectivity index (χ1v) is 9.05. The van der Waals surface area contributed by atoms with E-state index < -0.39 is 0 Å². The molecule has 2 aromatic heterocycles. The molecule has 0 bridgehead atoms. The normalized spacial score (nSPS) is 10.6. The van der Waals surface area contributed by atoms with Crippen LogP contribution in [0.5, 0.6) is 11.5 Å². The second-order valence-electron chi connectivity index (χ2n) is 5.59. The van der Waals surface area contributed by atoms with Gasteiger partial charge >= 0.3 is 0 Å². The Morgan fingerprint density at radius 2 is 2.11 bits per heavy atom. The first-order valence-electron chi connectivity index (χ1n) is 8.06. The molecule has 9 nitrogen and oxygen atoms in total. The molecule has 2 heterocycles. The van der Waals surface area contributed by atoms with Crippen LogP contribution in [0.2, 0.25) is 0 Å². The van der Waals surface area contributed by atoms with Gasteiger partial charge < -0.3 is 23.9 Å². The SMILES string of the molecule is COc1cccc(OCc2nnc(SCC(=O)Nc3cc(C)on3)n2C)c1. The Hall–Kier alpha value is -3.01. The smallest absolute Gasteiger partial charge is 0.236 e. The summed E-state index contributed by atoms with van der Waals surface area (Å²) in [4.78, 5) is 12.0. The second kappa shape index (κ2) is 8.58. The highest BCUT2D eigenvalue weighted by atomic mass is 32.2. The van der Waals surface area contributed by atoms with E-state index in [0.717, 1.165) is 5.75 Å². The molecule has 3 rings (SSSR count). The highest BCUT2D eigenvalue weighted by Crippen LogP contribution is 2.21. The molecule has 0 aliphatic rings. The summed E-state index contributed by atoms with van der Waals surface area (Å²) in [6.45, 7) is 2.01. The molecule has 0 atom stereocenters. The predicted molar refractivity (Wildman–Crippen MR) is 98.9 cm³/mol. The van der Waals surface area contributed by atoms with Gasteiger partial charge in [0.2, 0.25) is 5.91 Å². The van der Waals surface area contributed by atoms with Crippen molar-refractivity contribution >= 4 is 23.5 Å². The van der Waals surface area contributed by atoms with E-state index in [1.165, 1.54) is 11.8 Å². The standard InChI is InChI=1S/C17H19N5O4S/c1-11-7-14(21-26-11)18-16(23)10-27-17-20-19-15(22(17)2)9-25-13-6-4-5-12(8-13)24-3/h4-8H,9-10H2,1-3H3,(H,18,21,23). The summed E-state index contributed by atoms with van der Waals surface area (Å²) < 4.78 is 17.6. The molecule has 0 saturated heterocycles. The molecule has 0 saturated carbocycles. The van der Waals surface area contributed by atoms with Crippen molar-refractivity contribution in [3.63, 3.8) is 0 Å². The largest absolute Gasteiger partial charge is 0.497 e.